The minimum absolute atomic E-state index is 0.111. The summed E-state index contributed by atoms with van der Waals surface area (Å²) < 4.78 is 10.3. The Morgan fingerprint density at radius 1 is 1.08 bits per heavy atom. The van der Waals surface area contributed by atoms with E-state index in [0.717, 1.165) is 11.3 Å². The quantitative estimate of drug-likeness (QED) is 0.721. The van der Waals surface area contributed by atoms with Crippen molar-refractivity contribution < 1.29 is 19.4 Å². The Morgan fingerprint density at radius 3 is 2.40 bits per heavy atom. The normalized spacial score (nSPS) is 12.8. The van der Waals surface area contributed by atoms with Crippen LogP contribution < -0.4 is 20.1 Å². The van der Waals surface area contributed by atoms with Crippen molar-refractivity contribution in [1.29, 1.82) is 0 Å². The molecule has 0 aliphatic heterocycles. The number of aliphatic hydroxyl groups is 1. The second-order valence-corrected chi connectivity index (χ2v) is 6.03. The highest BCUT2D eigenvalue weighted by molar-refractivity contribution is 5.90. The van der Waals surface area contributed by atoms with E-state index in [4.69, 9.17) is 9.47 Å². The third-order valence-electron chi connectivity index (χ3n) is 3.73. The van der Waals surface area contributed by atoms with Crippen LogP contribution in [0.25, 0.3) is 0 Å². The van der Waals surface area contributed by atoms with Crippen molar-refractivity contribution in [2.75, 3.05) is 26.1 Å². The summed E-state index contributed by atoms with van der Waals surface area (Å²) in [6.07, 6.45) is 0.409. The minimum atomic E-state index is -1.08. The van der Waals surface area contributed by atoms with E-state index in [2.05, 4.69) is 10.6 Å². The lowest BCUT2D eigenvalue weighted by Gasteiger charge is -2.24. The van der Waals surface area contributed by atoms with Gasteiger partial charge < -0.3 is 25.2 Å². The van der Waals surface area contributed by atoms with Gasteiger partial charge >= 0.3 is 6.03 Å². The largest absolute Gasteiger partial charge is 0.497 e. The van der Waals surface area contributed by atoms with Gasteiger partial charge in [0.1, 0.15) is 11.5 Å². The molecule has 0 radical (unpaired) electrons. The molecule has 0 aliphatic carbocycles. The van der Waals surface area contributed by atoms with Crippen LogP contribution in [0.4, 0.5) is 10.5 Å². The standard InChI is InChI=1S/C19H24N2O4/c1-19(23,12-14-8-10-15(24-2)11-9-14)13-20-18(22)21-16-6-4-5-7-17(16)25-3/h4-11,23H,12-13H2,1-3H3,(H2,20,21,22). The van der Waals surface area contributed by atoms with Crippen molar-refractivity contribution in [2.45, 2.75) is 18.9 Å². The molecule has 0 heterocycles. The zero-order valence-corrected chi connectivity index (χ0v) is 14.7. The van der Waals surface area contributed by atoms with Gasteiger partial charge in [-0.05, 0) is 36.8 Å². The lowest BCUT2D eigenvalue weighted by atomic mass is 9.96. The number of carbonyl (C=O) groups is 1. The highest BCUT2D eigenvalue weighted by Gasteiger charge is 2.22. The second-order valence-electron chi connectivity index (χ2n) is 6.03. The van der Waals surface area contributed by atoms with Gasteiger partial charge in [-0.3, -0.25) is 0 Å². The monoisotopic (exact) mass is 344 g/mol. The maximum absolute atomic E-state index is 12.1. The minimum Gasteiger partial charge on any atom is -0.497 e. The number of amides is 2. The van der Waals surface area contributed by atoms with Gasteiger partial charge in [-0.1, -0.05) is 24.3 Å². The molecule has 0 aromatic heterocycles. The zero-order valence-electron chi connectivity index (χ0n) is 14.7. The van der Waals surface area contributed by atoms with Crippen LogP contribution in [-0.4, -0.2) is 37.5 Å². The number of para-hydroxylation sites is 2. The van der Waals surface area contributed by atoms with E-state index in [-0.39, 0.29) is 6.54 Å². The van der Waals surface area contributed by atoms with E-state index >= 15 is 0 Å². The lowest BCUT2D eigenvalue weighted by Crippen LogP contribution is -2.43. The summed E-state index contributed by atoms with van der Waals surface area (Å²) in [5.74, 6) is 1.33. The van der Waals surface area contributed by atoms with Gasteiger partial charge in [0.25, 0.3) is 0 Å². The highest BCUT2D eigenvalue weighted by atomic mass is 16.5. The first-order chi connectivity index (χ1) is 11.9. The van der Waals surface area contributed by atoms with Gasteiger partial charge in [-0.25, -0.2) is 4.79 Å². The molecule has 2 rings (SSSR count). The van der Waals surface area contributed by atoms with E-state index in [1.807, 2.05) is 30.3 Å². The van der Waals surface area contributed by atoms with E-state index in [9.17, 15) is 9.90 Å². The molecule has 6 nitrogen and oxygen atoms in total. The molecular weight excluding hydrogens is 320 g/mol. The molecule has 1 atom stereocenters. The summed E-state index contributed by atoms with van der Waals surface area (Å²) in [5, 5.41) is 15.9. The Balaban J connectivity index is 1.88. The predicted molar refractivity (Wildman–Crippen MR) is 97.3 cm³/mol. The molecule has 25 heavy (non-hydrogen) atoms. The number of hydrogen-bond acceptors (Lipinski definition) is 4. The third-order valence-corrected chi connectivity index (χ3v) is 3.73. The molecule has 1 unspecified atom stereocenters. The molecule has 2 aromatic carbocycles. The molecule has 0 spiro atoms. The van der Waals surface area contributed by atoms with Crippen molar-refractivity contribution in [1.82, 2.24) is 5.32 Å². The summed E-state index contributed by atoms with van der Waals surface area (Å²) in [6, 6.07) is 14.2. The Labute approximate surface area is 147 Å². The van der Waals surface area contributed by atoms with Crippen LogP contribution in [0.2, 0.25) is 0 Å². The van der Waals surface area contributed by atoms with Crippen molar-refractivity contribution in [3.63, 3.8) is 0 Å². The van der Waals surface area contributed by atoms with Crippen molar-refractivity contribution in [3.05, 3.63) is 54.1 Å². The Bertz CT molecular complexity index is 699. The van der Waals surface area contributed by atoms with Crippen LogP contribution in [0.3, 0.4) is 0 Å². The maximum Gasteiger partial charge on any atom is 0.319 e. The van der Waals surface area contributed by atoms with Crippen LogP contribution in [0.15, 0.2) is 48.5 Å². The number of hydrogen-bond donors (Lipinski definition) is 3. The number of anilines is 1. The van der Waals surface area contributed by atoms with E-state index in [1.54, 1.807) is 32.2 Å². The smallest absolute Gasteiger partial charge is 0.319 e. The molecule has 0 saturated carbocycles. The van der Waals surface area contributed by atoms with Crippen LogP contribution in [0, 0.1) is 0 Å². The predicted octanol–water partition coefficient (Wildman–Crippen LogP) is 2.82. The van der Waals surface area contributed by atoms with Crippen LogP contribution >= 0.6 is 0 Å². The molecule has 2 aromatic rings. The fourth-order valence-corrected chi connectivity index (χ4v) is 2.43. The Hall–Kier alpha value is -2.73. The number of benzene rings is 2. The molecule has 0 saturated heterocycles. The molecule has 0 bridgehead atoms. The van der Waals surface area contributed by atoms with Crippen LogP contribution in [0.1, 0.15) is 12.5 Å². The van der Waals surface area contributed by atoms with Gasteiger partial charge in [0.05, 0.1) is 25.5 Å². The van der Waals surface area contributed by atoms with Gasteiger partial charge in [0, 0.05) is 13.0 Å². The van der Waals surface area contributed by atoms with Gasteiger partial charge in [0.2, 0.25) is 0 Å². The molecule has 2 amide bonds. The number of nitrogens with one attached hydrogen (secondary N) is 2. The number of carbonyl (C=O) groups excluding carboxylic acids is 1. The van der Waals surface area contributed by atoms with Crippen molar-refractivity contribution in [2.24, 2.45) is 0 Å². The Kier molecular flexibility index (Phi) is 6.25. The second kappa shape index (κ2) is 8.39. The van der Waals surface area contributed by atoms with Gasteiger partial charge in [-0.2, -0.15) is 0 Å². The average Bonchev–Trinajstić information content (AvgIpc) is 2.61. The van der Waals surface area contributed by atoms with Gasteiger partial charge in [-0.15, -0.1) is 0 Å². The van der Waals surface area contributed by atoms with Crippen LogP contribution in [0.5, 0.6) is 11.5 Å². The first-order valence-electron chi connectivity index (χ1n) is 7.97. The summed E-state index contributed by atoms with van der Waals surface area (Å²) >= 11 is 0. The first kappa shape index (κ1) is 18.6. The lowest BCUT2D eigenvalue weighted by molar-refractivity contribution is 0.0629. The fourth-order valence-electron chi connectivity index (χ4n) is 2.43. The molecule has 0 fully saturated rings. The summed E-state index contributed by atoms with van der Waals surface area (Å²) in [5.41, 5.74) is 0.446. The number of rotatable bonds is 7. The fraction of sp³-hybridized carbons (Fsp3) is 0.316. The average molecular weight is 344 g/mol. The summed E-state index contributed by atoms with van der Waals surface area (Å²) in [4.78, 5) is 12.1. The molecule has 134 valence electrons. The SMILES string of the molecule is COc1ccc(CC(C)(O)CNC(=O)Nc2ccccc2OC)cc1. The summed E-state index contributed by atoms with van der Waals surface area (Å²) in [7, 11) is 3.15. The van der Waals surface area contributed by atoms with Crippen molar-refractivity contribution >= 4 is 11.7 Å². The van der Waals surface area contributed by atoms with Crippen molar-refractivity contribution in [3.8, 4) is 11.5 Å². The molecular formula is C19H24N2O4. The highest BCUT2D eigenvalue weighted by Crippen LogP contribution is 2.23. The first-order valence-corrected chi connectivity index (χ1v) is 7.97. The van der Waals surface area contributed by atoms with Crippen LogP contribution in [-0.2, 0) is 6.42 Å². The van der Waals surface area contributed by atoms with E-state index in [1.165, 1.54) is 7.11 Å². The third kappa shape index (κ3) is 5.69. The topological polar surface area (TPSA) is 79.8 Å². The number of methoxy groups -OCH3 is 2. The van der Waals surface area contributed by atoms with E-state index in [0.29, 0.717) is 17.9 Å². The van der Waals surface area contributed by atoms with Gasteiger partial charge in [0.15, 0.2) is 0 Å². The molecule has 3 N–H and O–H groups in total. The molecule has 6 heteroatoms. The maximum atomic E-state index is 12.1. The number of urea groups is 1. The van der Waals surface area contributed by atoms with E-state index < -0.39 is 11.6 Å². The Morgan fingerprint density at radius 2 is 1.76 bits per heavy atom. The molecule has 0 aliphatic rings. The number of ether oxygens (including phenoxy) is 2. The zero-order chi connectivity index (χ0) is 18.3. The summed E-state index contributed by atoms with van der Waals surface area (Å²) in [6.45, 7) is 1.79.